The molecule has 0 aliphatic heterocycles. The lowest BCUT2D eigenvalue weighted by Crippen LogP contribution is -2.13. The Morgan fingerprint density at radius 2 is 1.67 bits per heavy atom. The van der Waals surface area contributed by atoms with Gasteiger partial charge in [-0.2, -0.15) is 0 Å². The summed E-state index contributed by atoms with van der Waals surface area (Å²) in [6.07, 6.45) is 0. The molecule has 2 aromatic rings. The highest BCUT2D eigenvalue weighted by Crippen LogP contribution is 2.30. The maximum atomic E-state index is 12.4. The first kappa shape index (κ1) is 19.6. The van der Waals surface area contributed by atoms with E-state index < -0.39 is 28.5 Å². The van der Waals surface area contributed by atoms with Crippen molar-refractivity contribution in [3.05, 3.63) is 63.7 Å². The zero-order chi connectivity index (χ0) is 20.0. The second-order valence-electron chi connectivity index (χ2n) is 5.32. The Morgan fingerprint density at radius 1 is 0.963 bits per heavy atom. The highest BCUT2D eigenvalue weighted by Gasteiger charge is 2.22. The van der Waals surface area contributed by atoms with Gasteiger partial charge in [0.15, 0.2) is 0 Å². The van der Waals surface area contributed by atoms with Crippen molar-refractivity contribution < 1.29 is 33.5 Å². The van der Waals surface area contributed by atoms with E-state index in [1.54, 1.807) is 6.07 Å². The van der Waals surface area contributed by atoms with Crippen LogP contribution in [0.1, 0.15) is 29.8 Å². The summed E-state index contributed by atoms with van der Waals surface area (Å²) in [7, 11) is 0. The summed E-state index contributed by atoms with van der Waals surface area (Å²) in [6, 6.07) is 9.57. The lowest BCUT2D eigenvalue weighted by molar-refractivity contribution is -0.385. The Bertz CT molecular complexity index is 906. The fourth-order valence-corrected chi connectivity index (χ4v) is 2.10. The summed E-state index contributed by atoms with van der Waals surface area (Å²) < 4.78 is 14.9. The zero-order valence-corrected chi connectivity index (χ0v) is 14.5. The maximum Gasteiger partial charge on any atom is 0.347 e. The van der Waals surface area contributed by atoms with E-state index in [0.29, 0.717) is 5.56 Å². The number of nitro benzene ring substituents is 1. The molecule has 0 atom stereocenters. The van der Waals surface area contributed by atoms with Gasteiger partial charge in [0.05, 0.1) is 4.92 Å². The predicted molar refractivity (Wildman–Crippen MR) is 91.3 cm³/mol. The van der Waals surface area contributed by atoms with Gasteiger partial charge in [-0.3, -0.25) is 19.7 Å². The molecule has 0 aliphatic rings. The highest BCUT2D eigenvalue weighted by atomic mass is 16.6. The van der Waals surface area contributed by atoms with Crippen molar-refractivity contribution in [1.29, 1.82) is 0 Å². The van der Waals surface area contributed by atoms with Crippen LogP contribution in [0.4, 0.5) is 5.69 Å². The average Bonchev–Trinajstić information content (AvgIpc) is 2.59. The minimum atomic E-state index is -0.945. The topological polar surface area (TPSA) is 122 Å². The Kier molecular flexibility index (Phi) is 6.21. The molecule has 2 aromatic carbocycles. The lowest BCUT2D eigenvalue weighted by Gasteiger charge is -2.10. The van der Waals surface area contributed by atoms with E-state index in [1.165, 1.54) is 44.2 Å². The molecule has 9 nitrogen and oxygen atoms in total. The smallest absolute Gasteiger partial charge is 0.347 e. The number of ether oxygens (including phenoxy) is 3. The van der Waals surface area contributed by atoms with Gasteiger partial charge in [0.25, 0.3) is 0 Å². The van der Waals surface area contributed by atoms with Crippen LogP contribution in [0, 0.1) is 10.1 Å². The Hall–Kier alpha value is -3.75. The van der Waals surface area contributed by atoms with E-state index in [-0.39, 0.29) is 23.7 Å². The third kappa shape index (κ3) is 5.36. The van der Waals surface area contributed by atoms with E-state index in [1.807, 2.05) is 0 Å². The third-order valence-electron chi connectivity index (χ3n) is 3.23. The van der Waals surface area contributed by atoms with Crippen LogP contribution >= 0.6 is 0 Å². The zero-order valence-electron chi connectivity index (χ0n) is 14.5. The van der Waals surface area contributed by atoms with Gasteiger partial charge < -0.3 is 14.2 Å². The summed E-state index contributed by atoms with van der Waals surface area (Å²) in [5.41, 5.74) is -0.126. The first-order valence-corrected chi connectivity index (χ1v) is 7.68. The van der Waals surface area contributed by atoms with Crippen LogP contribution in [-0.2, 0) is 20.9 Å². The van der Waals surface area contributed by atoms with Crippen molar-refractivity contribution in [3.8, 4) is 11.5 Å². The van der Waals surface area contributed by atoms with Gasteiger partial charge in [-0.05, 0) is 29.8 Å². The molecule has 9 heteroatoms. The Morgan fingerprint density at radius 3 is 2.30 bits per heavy atom. The molecule has 140 valence electrons. The van der Waals surface area contributed by atoms with Crippen molar-refractivity contribution in [1.82, 2.24) is 0 Å². The van der Waals surface area contributed by atoms with Gasteiger partial charge in [0.1, 0.15) is 17.9 Å². The fourth-order valence-electron chi connectivity index (χ4n) is 2.10. The van der Waals surface area contributed by atoms with Crippen LogP contribution in [-0.4, -0.2) is 22.8 Å². The molecule has 0 unspecified atom stereocenters. The fraction of sp³-hybridized carbons (Fsp3) is 0.167. The number of carbonyl (C=O) groups excluding carboxylic acids is 3. The van der Waals surface area contributed by atoms with Crippen LogP contribution in [0.2, 0.25) is 0 Å². The summed E-state index contributed by atoms with van der Waals surface area (Å²) >= 11 is 0. The number of para-hydroxylation sites is 1. The van der Waals surface area contributed by atoms with Crippen LogP contribution in [0.5, 0.6) is 11.5 Å². The molecule has 27 heavy (non-hydrogen) atoms. The summed E-state index contributed by atoms with van der Waals surface area (Å²) in [5.74, 6) is -2.47. The molecule has 0 aliphatic carbocycles. The van der Waals surface area contributed by atoms with Gasteiger partial charge in [-0.1, -0.05) is 12.1 Å². The number of carbonyl (C=O) groups is 3. The van der Waals surface area contributed by atoms with Crippen molar-refractivity contribution in [2.24, 2.45) is 0 Å². The summed E-state index contributed by atoms with van der Waals surface area (Å²) in [6.45, 7) is 2.26. The molecular weight excluding hydrogens is 358 g/mol. The molecule has 2 rings (SSSR count). The van der Waals surface area contributed by atoms with Crippen LogP contribution < -0.4 is 9.47 Å². The molecule has 0 aromatic heterocycles. The first-order chi connectivity index (χ1) is 12.8. The van der Waals surface area contributed by atoms with Gasteiger partial charge >= 0.3 is 23.6 Å². The molecule has 0 N–H and O–H groups in total. The summed E-state index contributed by atoms with van der Waals surface area (Å²) in [4.78, 5) is 45.0. The Labute approximate surface area is 153 Å². The number of hydrogen-bond acceptors (Lipinski definition) is 8. The summed E-state index contributed by atoms with van der Waals surface area (Å²) in [5, 5.41) is 11.2. The number of nitro groups is 1. The van der Waals surface area contributed by atoms with Crippen LogP contribution in [0.25, 0.3) is 0 Å². The SMILES string of the molecule is CC(=O)OCc1ccc([N+](=O)[O-])c(OC(=O)c2ccccc2OC(C)=O)c1. The molecule has 0 bridgehead atoms. The van der Waals surface area contributed by atoms with E-state index in [0.717, 1.165) is 6.07 Å². The molecule has 0 heterocycles. The van der Waals surface area contributed by atoms with Gasteiger partial charge in [-0.15, -0.1) is 0 Å². The normalized spacial score (nSPS) is 10.0. The Balaban J connectivity index is 2.33. The number of rotatable bonds is 6. The minimum absolute atomic E-state index is 0.0336. The second kappa shape index (κ2) is 8.56. The molecule has 0 spiro atoms. The first-order valence-electron chi connectivity index (χ1n) is 7.68. The molecule has 0 saturated heterocycles. The minimum Gasteiger partial charge on any atom is -0.461 e. The van der Waals surface area contributed by atoms with E-state index in [2.05, 4.69) is 0 Å². The number of nitrogens with zero attached hydrogens (tertiary/aromatic N) is 1. The lowest BCUT2D eigenvalue weighted by atomic mass is 10.2. The number of hydrogen-bond donors (Lipinski definition) is 0. The number of esters is 3. The molecule has 0 saturated carbocycles. The van der Waals surface area contributed by atoms with Gasteiger partial charge in [0.2, 0.25) is 5.75 Å². The van der Waals surface area contributed by atoms with Crippen molar-refractivity contribution in [3.63, 3.8) is 0 Å². The predicted octanol–water partition coefficient (Wildman–Crippen LogP) is 2.80. The van der Waals surface area contributed by atoms with E-state index in [9.17, 15) is 24.5 Å². The van der Waals surface area contributed by atoms with Crippen molar-refractivity contribution in [2.75, 3.05) is 0 Å². The number of benzene rings is 2. The molecule has 0 amide bonds. The average molecular weight is 373 g/mol. The monoisotopic (exact) mass is 373 g/mol. The second-order valence-corrected chi connectivity index (χ2v) is 5.32. The standard InChI is InChI=1S/C18H15NO8/c1-11(20)25-10-13-7-8-15(19(23)24)17(9-13)27-18(22)14-5-3-4-6-16(14)26-12(2)21/h3-9H,10H2,1-2H3. The van der Waals surface area contributed by atoms with Crippen molar-refractivity contribution >= 4 is 23.6 Å². The van der Waals surface area contributed by atoms with Gasteiger partial charge in [-0.25, -0.2) is 4.79 Å². The molecule has 0 radical (unpaired) electrons. The van der Waals surface area contributed by atoms with Crippen LogP contribution in [0.3, 0.4) is 0 Å². The van der Waals surface area contributed by atoms with Crippen LogP contribution in [0.15, 0.2) is 42.5 Å². The third-order valence-corrected chi connectivity index (χ3v) is 3.23. The maximum absolute atomic E-state index is 12.4. The quantitative estimate of drug-likeness (QED) is 0.328. The largest absolute Gasteiger partial charge is 0.461 e. The van der Waals surface area contributed by atoms with Crippen molar-refractivity contribution in [2.45, 2.75) is 20.5 Å². The van der Waals surface area contributed by atoms with E-state index >= 15 is 0 Å². The van der Waals surface area contributed by atoms with E-state index in [4.69, 9.17) is 14.2 Å². The molecular formula is C18H15NO8. The van der Waals surface area contributed by atoms with Gasteiger partial charge in [0, 0.05) is 19.9 Å². The highest BCUT2D eigenvalue weighted by molar-refractivity contribution is 5.95. The molecule has 0 fully saturated rings.